The van der Waals surface area contributed by atoms with Gasteiger partial charge in [-0.15, -0.1) is 0 Å². The molecule has 0 unspecified atom stereocenters. The molecule has 8 nitrogen and oxygen atoms in total. The molecule has 3 aromatic carbocycles. The molecule has 2 N–H and O–H groups in total. The molecule has 1 saturated heterocycles. The SMILES string of the molecule is COc1ccc(Nc2nc3ccccc3nc2N2CCN(Cc3cccc(Cl)c3)CC2)cc1.O=C(O)C(F)(F)F. The van der Waals surface area contributed by atoms with Crippen LogP contribution >= 0.6 is 11.6 Å². The number of piperazine rings is 1. The summed E-state index contributed by atoms with van der Waals surface area (Å²) in [6, 6.07) is 23.9. The van der Waals surface area contributed by atoms with Gasteiger partial charge >= 0.3 is 12.1 Å². The third-order valence-electron chi connectivity index (χ3n) is 6.11. The Morgan fingerprint density at radius 1 is 0.975 bits per heavy atom. The van der Waals surface area contributed by atoms with Crippen LogP contribution in [0.3, 0.4) is 0 Å². The smallest absolute Gasteiger partial charge is 0.490 e. The van der Waals surface area contributed by atoms with E-state index in [1.54, 1.807) is 7.11 Å². The molecular weight excluding hydrogens is 547 g/mol. The summed E-state index contributed by atoms with van der Waals surface area (Å²) in [6.07, 6.45) is -5.08. The van der Waals surface area contributed by atoms with E-state index < -0.39 is 12.1 Å². The molecule has 1 aliphatic rings. The van der Waals surface area contributed by atoms with Gasteiger partial charge in [0.15, 0.2) is 11.6 Å². The number of aromatic nitrogens is 2. The third-order valence-corrected chi connectivity index (χ3v) is 6.35. The highest BCUT2D eigenvalue weighted by Gasteiger charge is 2.38. The zero-order valence-electron chi connectivity index (χ0n) is 21.5. The number of benzene rings is 3. The largest absolute Gasteiger partial charge is 0.497 e. The van der Waals surface area contributed by atoms with Gasteiger partial charge in [-0.2, -0.15) is 13.2 Å². The molecule has 12 heteroatoms. The van der Waals surface area contributed by atoms with Crippen molar-refractivity contribution in [3.8, 4) is 5.75 Å². The van der Waals surface area contributed by atoms with Crippen LogP contribution in [0.5, 0.6) is 5.75 Å². The number of hydrogen-bond donors (Lipinski definition) is 2. The number of methoxy groups -OCH3 is 1. The number of nitrogens with one attached hydrogen (secondary N) is 1. The summed E-state index contributed by atoms with van der Waals surface area (Å²) >= 11 is 6.16. The lowest BCUT2D eigenvalue weighted by Gasteiger charge is -2.36. The van der Waals surface area contributed by atoms with Gasteiger partial charge in [-0.05, 0) is 54.1 Å². The Balaban J connectivity index is 0.000000470. The van der Waals surface area contributed by atoms with Gasteiger partial charge in [0.1, 0.15) is 5.75 Å². The molecule has 0 amide bonds. The molecule has 40 heavy (non-hydrogen) atoms. The number of carboxylic acid groups (broad SMARTS) is 1. The van der Waals surface area contributed by atoms with Crippen molar-refractivity contribution in [1.82, 2.24) is 14.9 Å². The molecule has 1 fully saturated rings. The monoisotopic (exact) mass is 573 g/mol. The zero-order valence-corrected chi connectivity index (χ0v) is 22.3. The van der Waals surface area contributed by atoms with Crippen LogP contribution in [-0.4, -0.2) is 65.4 Å². The lowest BCUT2D eigenvalue weighted by Crippen LogP contribution is -2.46. The Bertz CT molecular complexity index is 1450. The highest BCUT2D eigenvalue weighted by Crippen LogP contribution is 2.29. The molecule has 4 aromatic rings. The van der Waals surface area contributed by atoms with Crippen molar-refractivity contribution in [2.75, 3.05) is 43.5 Å². The average molecular weight is 574 g/mol. The van der Waals surface area contributed by atoms with E-state index in [2.05, 4.69) is 21.2 Å². The van der Waals surface area contributed by atoms with Crippen molar-refractivity contribution in [3.05, 3.63) is 83.4 Å². The minimum absolute atomic E-state index is 0.766. The molecule has 0 saturated carbocycles. The predicted molar refractivity (Wildman–Crippen MR) is 148 cm³/mol. The van der Waals surface area contributed by atoms with Crippen molar-refractivity contribution in [3.63, 3.8) is 0 Å². The highest BCUT2D eigenvalue weighted by atomic mass is 35.5. The fourth-order valence-electron chi connectivity index (χ4n) is 4.12. The number of halogens is 4. The molecule has 0 bridgehead atoms. The maximum absolute atomic E-state index is 10.6. The van der Waals surface area contributed by atoms with Gasteiger partial charge in [0.05, 0.1) is 18.1 Å². The number of nitrogens with zero attached hydrogens (tertiary/aromatic N) is 4. The third kappa shape index (κ3) is 7.73. The lowest BCUT2D eigenvalue weighted by molar-refractivity contribution is -0.192. The van der Waals surface area contributed by atoms with Gasteiger partial charge in [-0.3, -0.25) is 4.90 Å². The Morgan fingerprint density at radius 2 is 1.60 bits per heavy atom. The highest BCUT2D eigenvalue weighted by molar-refractivity contribution is 6.30. The quantitative estimate of drug-likeness (QED) is 0.291. The maximum Gasteiger partial charge on any atom is 0.490 e. The molecule has 0 spiro atoms. The minimum atomic E-state index is -5.08. The lowest BCUT2D eigenvalue weighted by atomic mass is 10.2. The first-order valence-corrected chi connectivity index (χ1v) is 12.7. The number of para-hydroxylation sites is 2. The predicted octanol–water partition coefficient (Wildman–Crippen LogP) is 5.99. The van der Waals surface area contributed by atoms with E-state index >= 15 is 0 Å². The number of fused-ring (bicyclic) bond motifs is 1. The van der Waals surface area contributed by atoms with E-state index in [1.165, 1.54) is 5.56 Å². The Morgan fingerprint density at radius 3 is 2.17 bits per heavy atom. The van der Waals surface area contributed by atoms with E-state index in [0.29, 0.717) is 0 Å². The molecule has 0 atom stereocenters. The molecule has 2 heterocycles. The van der Waals surface area contributed by atoms with Crippen molar-refractivity contribution >= 4 is 45.9 Å². The molecule has 210 valence electrons. The number of carboxylic acids is 1. The minimum Gasteiger partial charge on any atom is -0.497 e. The number of alkyl halides is 3. The molecule has 1 aromatic heterocycles. The number of aliphatic carboxylic acids is 1. The van der Waals surface area contributed by atoms with Crippen LogP contribution in [-0.2, 0) is 11.3 Å². The van der Waals surface area contributed by atoms with Crippen molar-refractivity contribution in [2.45, 2.75) is 12.7 Å². The molecule has 0 radical (unpaired) electrons. The van der Waals surface area contributed by atoms with Gasteiger partial charge in [0.25, 0.3) is 0 Å². The first-order valence-electron chi connectivity index (χ1n) is 12.3. The summed E-state index contributed by atoms with van der Waals surface area (Å²) in [5, 5.41) is 11.4. The summed E-state index contributed by atoms with van der Waals surface area (Å²) in [6.45, 7) is 4.55. The summed E-state index contributed by atoms with van der Waals surface area (Å²) in [7, 11) is 1.67. The molecule has 5 rings (SSSR count). The Labute approximate surface area is 234 Å². The van der Waals surface area contributed by atoms with Crippen LogP contribution in [0.1, 0.15) is 5.56 Å². The van der Waals surface area contributed by atoms with Gasteiger partial charge < -0.3 is 20.1 Å². The van der Waals surface area contributed by atoms with Crippen LogP contribution in [0.4, 0.5) is 30.5 Å². The van der Waals surface area contributed by atoms with Gasteiger partial charge in [0, 0.05) is 43.4 Å². The number of hydrogen-bond acceptors (Lipinski definition) is 7. The maximum atomic E-state index is 10.6. The summed E-state index contributed by atoms with van der Waals surface area (Å²) in [4.78, 5) is 23.6. The van der Waals surface area contributed by atoms with E-state index in [-0.39, 0.29) is 0 Å². The van der Waals surface area contributed by atoms with E-state index in [9.17, 15) is 13.2 Å². The topological polar surface area (TPSA) is 90.8 Å². The fraction of sp³-hybridized carbons (Fsp3) is 0.250. The Kier molecular flexibility index (Phi) is 9.28. The first-order chi connectivity index (χ1) is 19.1. The van der Waals surface area contributed by atoms with Gasteiger partial charge in [0.2, 0.25) is 0 Å². The standard InChI is InChI=1S/C26H26ClN5O.C2HF3O2/c1-33-22-11-9-21(10-12-22)28-25-26(30-24-8-3-2-7-23(24)29-25)32-15-13-31(14-16-32)18-19-5-4-6-20(27)17-19;3-2(4,5)1(6)7/h2-12,17H,13-16,18H2,1H3,(H,28,29);(H,6,7). The summed E-state index contributed by atoms with van der Waals surface area (Å²) in [5.41, 5.74) is 3.95. The number of anilines is 3. The van der Waals surface area contributed by atoms with Crippen LogP contribution in [0.25, 0.3) is 11.0 Å². The second-order valence-electron chi connectivity index (χ2n) is 8.93. The van der Waals surface area contributed by atoms with E-state index in [0.717, 1.165) is 71.9 Å². The average Bonchev–Trinajstić information content (AvgIpc) is 2.93. The van der Waals surface area contributed by atoms with E-state index in [4.69, 9.17) is 36.2 Å². The zero-order chi connectivity index (χ0) is 28.7. The molecule has 0 aliphatic carbocycles. The summed E-state index contributed by atoms with van der Waals surface area (Å²) in [5.74, 6) is -0.289. The summed E-state index contributed by atoms with van der Waals surface area (Å²) < 4.78 is 37.0. The van der Waals surface area contributed by atoms with Crippen LogP contribution in [0.2, 0.25) is 5.02 Å². The van der Waals surface area contributed by atoms with Crippen LogP contribution in [0, 0.1) is 0 Å². The molecule has 1 aliphatic heterocycles. The van der Waals surface area contributed by atoms with Crippen molar-refractivity contribution < 1.29 is 27.8 Å². The second-order valence-corrected chi connectivity index (χ2v) is 9.37. The van der Waals surface area contributed by atoms with Crippen LogP contribution in [0.15, 0.2) is 72.8 Å². The molecular formula is C28H27ClF3N5O3. The van der Waals surface area contributed by atoms with Crippen molar-refractivity contribution in [1.29, 1.82) is 0 Å². The number of rotatable bonds is 6. The van der Waals surface area contributed by atoms with E-state index in [1.807, 2.05) is 66.7 Å². The van der Waals surface area contributed by atoms with Gasteiger partial charge in [-0.25, -0.2) is 14.8 Å². The second kappa shape index (κ2) is 12.8. The Hall–Kier alpha value is -4.09. The van der Waals surface area contributed by atoms with Crippen LogP contribution < -0.4 is 15.0 Å². The number of carbonyl (C=O) groups is 1. The van der Waals surface area contributed by atoms with Crippen molar-refractivity contribution in [2.24, 2.45) is 0 Å². The fourth-order valence-corrected chi connectivity index (χ4v) is 4.33. The normalized spacial score (nSPS) is 13.9. The first kappa shape index (κ1) is 28.9. The number of ether oxygens (including phenoxy) is 1. The van der Waals surface area contributed by atoms with Gasteiger partial charge in [-0.1, -0.05) is 35.9 Å².